The van der Waals surface area contributed by atoms with Gasteiger partial charge in [0.15, 0.2) is 17.3 Å². The van der Waals surface area contributed by atoms with Crippen LogP contribution in [0.1, 0.15) is 41.7 Å². The highest BCUT2D eigenvalue weighted by atomic mass is 35.5. The molecule has 9 heteroatoms. The third-order valence-corrected chi connectivity index (χ3v) is 7.50. The summed E-state index contributed by atoms with van der Waals surface area (Å²) < 4.78 is 30.6. The number of benzene rings is 2. The Kier molecular flexibility index (Phi) is 7.56. The lowest BCUT2D eigenvalue weighted by atomic mass is 9.76. The molecule has 2 aliphatic rings. The monoisotopic (exact) mass is 540 g/mol. The lowest BCUT2D eigenvalue weighted by molar-refractivity contribution is -0.0554. The SMILES string of the molecule is COc1cc(C(=O)CCC(O)(c2ccc(OC)c(-c3ccc(F)c(Cl)c3)n2)C2CNC2)ccc1OC1CC1. The zero-order valence-corrected chi connectivity index (χ0v) is 22.1. The van der Waals surface area contributed by atoms with Crippen LogP contribution in [0.4, 0.5) is 4.39 Å². The van der Waals surface area contributed by atoms with Crippen LogP contribution in [0.25, 0.3) is 11.3 Å². The molecule has 0 amide bonds. The number of hydrogen-bond donors (Lipinski definition) is 2. The summed E-state index contributed by atoms with van der Waals surface area (Å²) in [4.78, 5) is 18.0. The van der Waals surface area contributed by atoms with Gasteiger partial charge in [0.25, 0.3) is 0 Å². The summed E-state index contributed by atoms with van der Waals surface area (Å²) in [6.07, 6.45) is 2.53. The first-order valence-corrected chi connectivity index (χ1v) is 13.0. The molecule has 1 saturated heterocycles. The summed E-state index contributed by atoms with van der Waals surface area (Å²) in [6.45, 7) is 1.19. The van der Waals surface area contributed by atoms with Gasteiger partial charge in [-0.1, -0.05) is 11.6 Å². The van der Waals surface area contributed by atoms with Crippen LogP contribution < -0.4 is 19.5 Å². The molecule has 1 saturated carbocycles. The Bertz CT molecular complexity index is 1340. The van der Waals surface area contributed by atoms with Crippen LogP contribution in [0.3, 0.4) is 0 Å². The van der Waals surface area contributed by atoms with E-state index in [2.05, 4.69) is 5.32 Å². The maximum Gasteiger partial charge on any atom is 0.163 e. The van der Waals surface area contributed by atoms with E-state index in [9.17, 15) is 14.3 Å². The number of aliphatic hydroxyl groups is 1. The van der Waals surface area contributed by atoms with E-state index < -0.39 is 11.4 Å². The van der Waals surface area contributed by atoms with E-state index in [1.54, 1.807) is 43.5 Å². The second kappa shape index (κ2) is 10.9. The fraction of sp³-hybridized carbons (Fsp3) is 0.379. The van der Waals surface area contributed by atoms with Crippen LogP contribution in [0.2, 0.25) is 5.02 Å². The first-order valence-electron chi connectivity index (χ1n) is 12.6. The van der Waals surface area contributed by atoms with Crippen molar-refractivity contribution in [3.05, 3.63) is 70.6 Å². The van der Waals surface area contributed by atoms with Crippen LogP contribution in [0.5, 0.6) is 17.2 Å². The number of aromatic nitrogens is 1. The standard InChI is InChI=1S/C29H30ClFN2O5/c1-36-25-9-10-27(33-28(25)18-3-7-22(31)21(30)13-18)29(35,19-15-32-16-19)12-11-23(34)17-4-8-24(26(14-17)37-2)38-20-5-6-20/h3-4,7-10,13-14,19-20,32,35H,5-6,11-12,15-16H2,1-2H3. The van der Waals surface area contributed by atoms with Crippen molar-refractivity contribution in [3.8, 4) is 28.5 Å². The van der Waals surface area contributed by atoms with Gasteiger partial charge in [0.1, 0.15) is 22.9 Å². The molecule has 2 fully saturated rings. The van der Waals surface area contributed by atoms with E-state index in [0.29, 0.717) is 52.9 Å². The lowest BCUT2D eigenvalue weighted by Crippen LogP contribution is -2.54. The van der Waals surface area contributed by atoms with Gasteiger partial charge < -0.3 is 24.6 Å². The van der Waals surface area contributed by atoms with Crippen LogP contribution in [-0.2, 0) is 5.60 Å². The molecule has 7 nitrogen and oxygen atoms in total. The Labute approximate surface area is 225 Å². The van der Waals surface area contributed by atoms with E-state index in [4.69, 9.17) is 30.8 Å². The molecule has 2 N–H and O–H groups in total. The van der Waals surface area contributed by atoms with Gasteiger partial charge in [-0.25, -0.2) is 9.37 Å². The fourth-order valence-corrected chi connectivity index (χ4v) is 4.80. The minimum atomic E-state index is -1.37. The highest BCUT2D eigenvalue weighted by Gasteiger charge is 2.43. The molecule has 3 aromatic rings. The zero-order valence-electron chi connectivity index (χ0n) is 21.3. The molecule has 0 bridgehead atoms. The minimum Gasteiger partial charge on any atom is -0.494 e. The predicted octanol–water partition coefficient (Wildman–Crippen LogP) is 5.17. The average Bonchev–Trinajstić information content (AvgIpc) is 3.71. The minimum absolute atomic E-state index is 0.0372. The van der Waals surface area contributed by atoms with Gasteiger partial charge in [0.05, 0.1) is 31.0 Å². The molecule has 1 atom stereocenters. The first kappa shape index (κ1) is 26.4. The number of pyridine rings is 1. The Balaban J connectivity index is 1.41. The molecule has 38 heavy (non-hydrogen) atoms. The summed E-state index contributed by atoms with van der Waals surface area (Å²) in [5, 5.41) is 15.1. The highest BCUT2D eigenvalue weighted by Crippen LogP contribution is 2.40. The second-order valence-electron chi connectivity index (χ2n) is 9.76. The van der Waals surface area contributed by atoms with Gasteiger partial charge in [-0.15, -0.1) is 0 Å². The third kappa shape index (κ3) is 5.34. The maximum atomic E-state index is 13.8. The van der Waals surface area contributed by atoms with E-state index >= 15 is 0 Å². The van der Waals surface area contributed by atoms with E-state index in [1.165, 1.54) is 19.2 Å². The zero-order chi connectivity index (χ0) is 26.9. The van der Waals surface area contributed by atoms with Gasteiger partial charge in [-0.3, -0.25) is 4.79 Å². The van der Waals surface area contributed by atoms with Crippen LogP contribution in [0, 0.1) is 11.7 Å². The molecular weight excluding hydrogens is 511 g/mol. The van der Waals surface area contributed by atoms with Crippen LogP contribution in [-0.4, -0.2) is 49.3 Å². The van der Waals surface area contributed by atoms with E-state index in [0.717, 1.165) is 12.8 Å². The molecule has 200 valence electrons. The number of hydrogen-bond acceptors (Lipinski definition) is 7. The lowest BCUT2D eigenvalue weighted by Gasteiger charge is -2.42. The third-order valence-electron chi connectivity index (χ3n) is 7.21. The molecule has 1 aliphatic heterocycles. The molecule has 2 heterocycles. The number of ketones is 1. The Morgan fingerprint density at radius 2 is 1.82 bits per heavy atom. The summed E-state index contributed by atoms with van der Waals surface area (Å²) in [5.74, 6) is 0.808. The maximum absolute atomic E-state index is 13.8. The van der Waals surface area contributed by atoms with Crippen LogP contribution >= 0.6 is 11.6 Å². The normalized spacial score (nSPS) is 16.9. The number of ether oxygens (including phenoxy) is 3. The highest BCUT2D eigenvalue weighted by molar-refractivity contribution is 6.31. The number of Topliss-reactive ketones (excluding diaryl/α,β-unsaturated/α-hetero) is 1. The van der Waals surface area contributed by atoms with Gasteiger partial charge >= 0.3 is 0 Å². The molecule has 0 radical (unpaired) electrons. The average molecular weight is 541 g/mol. The number of methoxy groups -OCH3 is 2. The molecule has 1 aromatic heterocycles. The van der Waals surface area contributed by atoms with E-state index in [1.807, 2.05) is 0 Å². The van der Waals surface area contributed by atoms with E-state index in [-0.39, 0.29) is 35.7 Å². The van der Waals surface area contributed by atoms with Gasteiger partial charge in [0.2, 0.25) is 0 Å². The van der Waals surface area contributed by atoms with Crippen molar-refractivity contribution in [2.24, 2.45) is 5.92 Å². The van der Waals surface area contributed by atoms with Crippen molar-refractivity contribution >= 4 is 17.4 Å². The Hall–Kier alpha value is -3.20. The van der Waals surface area contributed by atoms with Crippen molar-refractivity contribution in [2.45, 2.75) is 37.4 Å². The Morgan fingerprint density at radius 1 is 1.08 bits per heavy atom. The van der Waals surface area contributed by atoms with Crippen molar-refractivity contribution in [1.82, 2.24) is 10.3 Å². The topological polar surface area (TPSA) is 89.9 Å². The molecule has 1 unspecified atom stereocenters. The Morgan fingerprint density at radius 3 is 2.45 bits per heavy atom. The van der Waals surface area contributed by atoms with Crippen molar-refractivity contribution in [1.29, 1.82) is 0 Å². The van der Waals surface area contributed by atoms with Gasteiger partial charge in [0, 0.05) is 36.6 Å². The predicted molar refractivity (Wildman–Crippen MR) is 142 cm³/mol. The van der Waals surface area contributed by atoms with Crippen LogP contribution in [0.15, 0.2) is 48.5 Å². The van der Waals surface area contributed by atoms with Crippen molar-refractivity contribution in [2.75, 3.05) is 27.3 Å². The number of nitrogens with one attached hydrogen (secondary N) is 1. The fourth-order valence-electron chi connectivity index (χ4n) is 4.62. The first-order chi connectivity index (χ1) is 18.3. The summed E-state index contributed by atoms with van der Waals surface area (Å²) in [6, 6.07) is 12.9. The number of rotatable bonds is 11. The summed E-state index contributed by atoms with van der Waals surface area (Å²) >= 11 is 6.02. The molecule has 5 rings (SSSR count). The summed E-state index contributed by atoms with van der Waals surface area (Å²) in [5.41, 5.74) is 0.522. The molecule has 2 aromatic carbocycles. The summed E-state index contributed by atoms with van der Waals surface area (Å²) in [7, 11) is 3.06. The number of carbonyl (C=O) groups excluding carboxylic acids is 1. The second-order valence-corrected chi connectivity index (χ2v) is 10.2. The quantitative estimate of drug-likeness (QED) is 0.324. The molecule has 1 aliphatic carbocycles. The smallest absolute Gasteiger partial charge is 0.163 e. The largest absolute Gasteiger partial charge is 0.494 e. The van der Waals surface area contributed by atoms with Crippen molar-refractivity contribution < 1.29 is 28.5 Å². The molecular formula is C29H30ClFN2O5. The number of carbonyl (C=O) groups is 1. The van der Waals surface area contributed by atoms with Gasteiger partial charge in [-0.05, 0) is 67.8 Å². The number of nitrogens with zero attached hydrogens (tertiary/aromatic N) is 1. The molecule has 0 spiro atoms. The van der Waals surface area contributed by atoms with Crippen molar-refractivity contribution in [3.63, 3.8) is 0 Å². The van der Waals surface area contributed by atoms with Gasteiger partial charge in [-0.2, -0.15) is 0 Å². The number of halogens is 2.